The fourth-order valence-electron chi connectivity index (χ4n) is 2.27. The van der Waals surface area contributed by atoms with Crippen molar-refractivity contribution in [3.63, 3.8) is 0 Å². The van der Waals surface area contributed by atoms with Gasteiger partial charge in [-0.3, -0.25) is 4.98 Å². The van der Waals surface area contributed by atoms with Gasteiger partial charge in [-0.1, -0.05) is 0 Å². The maximum Gasteiger partial charge on any atom is 0.147 e. The monoisotopic (exact) mass is 234 g/mol. The first-order valence-corrected chi connectivity index (χ1v) is 6.42. The Labute approximate surface area is 103 Å². The number of hydrogen-bond acceptors (Lipinski definition) is 4. The summed E-state index contributed by atoms with van der Waals surface area (Å²) in [5.74, 6) is 1.00. The topological polar surface area (TPSA) is 41.1 Å². The van der Waals surface area contributed by atoms with E-state index in [0.29, 0.717) is 6.04 Å². The molecule has 4 heteroatoms. The zero-order chi connectivity index (χ0) is 12.3. The molecule has 94 valence electrons. The molecule has 0 aromatic carbocycles. The largest absolute Gasteiger partial charge is 0.355 e. The van der Waals surface area contributed by atoms with Gasteiger partial charge in [0.2, 0.25) is 0 Å². The maximum absolute atomic E-state index is 4.62. The number of rotatable bonds is 2. The van der Waals surface area contributed by atoms with Crippen molar-refractivity contribution in [3.8, 4) is 0 Å². The van der Waals surface area contributed by atoms with Gasteiger partial charge in [-0.2, -0.15) is 0 Å². The number of hydrogen-bond donors (Lipinski definition) is 1. The molecule has 4 nitrogen and oxygen atoms in total. The first-order chi connectivity index (χ1) is 8.18. The van der Waals surface area contributed by atoms with Gasteiger partial charge in [-0.15, -0.1) is 0 Å². The van der Waals surface area contributed by atoms with E-state index in [1.807, 2.05) is 20.0 Å². The number of nitrogens with zero attached hydrogens (tertiary/aromatic N) is 3. The molecule has 1 atom stereocenters. The highest BCUT2D eigenvalue weighted by Gasteiger charge is 2.18. The van der Waals surface area contributed by atoms with Crippen LogP contribution in [0.1, 0.15) is 30.7 Å². The van der Waals surface area contributed by atoms with Gasteiger partial charge < -0.3 is 10.2 Å². The minimum atomic E-state index is 0.585. The van der Waals surface area contributed by atoms with Crippen LogP contribution in [0, 0.1) is 13.8 Å². The van der Waals surface area contributed by atoms with Crippen LogP contribution in [0.3, 0.4) is 0 Å². The Morgan fingerprint density at radius 2 is 2.06 bits per heavy atom. The molecular formula is C13H22N4. The van der Waals surface area contributed by atoms with E-state index in [0.717, 1.165) is 30.3 Å². The average Bonchev–Trinajstić information content (AvgIpc) is 2.60. The van der Waals surface area contributed by atoms with Crippen LogP contribution in [0.5, 0.6) is 0 Å². The molecule has 0 aliphatic carbocycles. The van der Waals surface area contributed by atoms with Gasteiger partial charge in [-0.05, 0) is 46.2 Å². The highest BCUT2D eigenvalue weighted by Crippen LogP contribution is 2.18. The minimum absolute atomic E-state index is 0.585. The smallest absolute Gasteiger partial charge is 0.147 e. The van der Waals surface area contributed by atoms with Crippen molar-refractivity contribution in [3.05, 3.63) is 17.6 Å². The van der Waals surface area contributed by atoms with E-state index in [4.69, 9.17) is 0 Å². The average molecular weight is 234 g/mol. The number of anilines is 1. The van der Waals surface area contributed by atoms with E-state index >= 15 is 0 Å². The summed E-state index contributed by atoms with van der Waals surface area (Å²) >= 11 is 0. The lowest BCUT2D eigenvalue weighted by molar-refractivity contribution is 0.561. The SMILES string of the molecule is Cc1ncc(N(C)C2CCCNCC2)nc1C. The van der Waals surface area contributed by atoms with Crippen LogP contribution < -0.4 is 10.2 Å². The lowest BCUT2D eigenvalue weighted by atomic mass is 10.1. The normalized spacial score (nSPS) is 21.0. The van der Waals surface area contributed by atoms with Crippen LogP contribution in [0.25, 0.3) is 0 Å². The molecule has 0 saturated carbocycles. The summed E-state index contributed by atoms with van der Waals surface area (Å²) in [6, 6.07) is 0.585. The van der Waals surface area contributed by atoms with Gasteiger partial charge in [0.1, 0.15) is 5.82 Å². The Balaban J connectivity index is 2.11. The van der Waals surface area contributed by atoms with Crippen molar-refractivity contribution in [2.45, 2.75) is 39.2 Å². The van der Waals surface area contributed by atoms with E-state index in [1.165, 1.54) is 19.3 Å². The van der Waals surface area contributed by atoms with Crippen molar-refractivity contribution in [1.29, 1.82) is 0 Å². The maximum atomic E-state index is 4.62. The Bertz CT molecular complexity index is 370. The van der Waals surface area contributed by atoms with Crippen molar-refractivity contribution < 1.29 is 0 Å². The Morgan fingerprint density at radius 1 is 1.24 bits per heavy atom. The first-order valence-electron chi connectivity index (χ1n) is 6.42. The third-order valence-electron chi connectivity index (χ3n) is 3.63. The van der Waals surface area contributed by atoms with Crippen molar-refractivity contribution in [2.75, 3.05) is 25.0 Å². The van der Waals surface area contributed by atoms with E-state index in [-0.39, 0.29) is 0 Å². The molecule has 1 fully saturated rings. The van der Waals surface area contributed by atoms with Crippen molar-refractivity contribution >= 4 is 5.82 Å². The summed E-state index contributed by atoms with van der Waals surface area (Å²) in [5.41, 5.74) is 2.05. The van der Waals surface area contributed by atoms with Gasteiger partial charge in [-0.25, -0.2) is 4.98 Å². The molecule has 1 aliphatic rings. The summed E-state index contributed by atoms with van der Waals surface area (Å²) in [6.07, 6.45) is 5.55. The van der Waals surface area contributed by atoms with Gasteiger partial charge in [0.15, 0.2) is 0 Å². The molecule has 1 aromatic rings. The van der Waals surface area contributed by atoms with Crippen LogP contribution in [-0.4, -0.2) is 36.1 Å². The van der Waals surface area contributed by atoms with E-state index in [9.17, 15) is 0 Å². The van der Waals surface area contributed by atoms with Crippen molar-refractivity contribution in [1.82, 2.24) is 15.3 Å². The third-order valence-corrected chi connectivity index (χ3v) is 3.63. The molecule has 0 spiro atoms. The lowest BCUT2D eigenvalue weighted by Gasteiger charge is -2.28. The second kappa shape index (κ2) is 5.45. The quantitative estimate of drug-likeness (QED) is 0.845. The summed E-state index contributed by atoms with van der Waals surface area (Å²) < 4.78 is 0. The van der Waals surface area contributed by atoms with Crippen molar-refractivity contribution in [2.24, 2.45) is 0 Å². The van der Waals surface area contributed by atoms with Gasteiger partial charge in [0.05, 0.1) is 17.6 Å². The van der Waals surface area contributed by atoms with Gasteiger partial charge in [0, 0.05) is 13.1 Å². The number of nitrogens with one attached hydrogen (secondary N) is 1. The molecule has 2 heterocycles. The highest BCUT2D eigenvalue weighted by molar-refractivity contribution is 5.37. The van der Waals surface area contributed by atoms with Crippen LogP contribution in [-0.2, 0) is 0 Å². The Morgan fingerprint density at radius 3 is 2.82 bits per heavy atom. The molecule has 0 bridgehead atoms. The van der Waals surface area contributed by atoms with Crippen LogP contribution in [0.15, 0.2) is 6.20 Å². The molecule has 1 unspecified atom stereocenters. The molecule has 0 radical (unpaired) electrons. The van der Waals surface area contributed by atoms with Gasteiger partial charge in [0.25, 0.3) is 0 Å². The highest BCUT2D eigenvalue weighted by atomic mass is 15.2. The zero-order valence-electron chi connectivity index (χ0n) is 11.0. The molecule has 1 N–H and O–H groups in total. The zero-order valence-corrected chi connectivity index (χ0v) is 11.0. The first kappa shape index (κ1) is 12.3. The molecule has 1 aliphatic heterocycles. The fourth-order valence-corrected chi connectivity index (χ4v) is 2.27. The molecule has 17 heavy (non-hydrogen) atoms. The second-order valence-corrected chi connectivity index (χ2v) is 4.84. The fraction of sp³-hybridized carbons (Fsp3) is 0.692. The Hall–Kier alpha value is -1.16. The molecule has 1 aromatic heterocycles. The van der Waals surface area contributed by atoms with E-state index < -0.39 is 0 Å². The molecular weight excluding hydrogens is 212 g/mol. The lowest BCUT2D eigenvalue weighted by Crippen LogP contribution is -2.33. The second-order valence-electron chi connectivity index (χ2n) is 4.84. The summed E-state index contributed by atoms with van der Waals surface area (Å²) in [4.78, 5) is 11.3. The standard InChI is InChI=1S/C13H22N4/c1-10-11(2)16-13(9-15-10)17(3)12-5-4-7-14-8-6-12/h9,12,14H,4-8H2,1-3H3. The molecule has 0 amide bonds. The summed E-state index contributed by atoms with van der Waals surface area (Å²) in [7, 11) is 2.13. The van der Waals surface area contributed by atoms with Crippen LogP contribution in [0.4, 0.5) is 5.82 Å². The summed E-state index contributed by atoms with van der Waals surface area (Å²) in [5, 5.41) is 3.44. The third kappa shape index (κ3) is 2.94. The Kier molecular flexibility index (Phi) is 3.94. The van der Waals surface area contributed by atoms with Crippen LogP contribution >= 0.6 is 0 Å². The van der Waals surface area contributed by atoms with Gasteiger partial charge >= 0.3 is 0 Å². The molecule has 2 rings (SSSR count). The van der Waals surface area contributed by atoms with Crippen LogP contribution in [0.2, 0.25) is 0 Å². The van der Waals surface area contributed by atoms with E-state index in [2.05, 4.69) is 27.2 Å². The predicted octanol–water partition coefficient (Wildman–Crippen LogP) is 1.67. The van der Waals surface area contributed by atoms with E-state index in [1.54, 1.807) is 0 Å². The number of aryl methyl sites for hydroxylation is 2. The molecule has 1 saturated heterocycles. The number of aromatic nitrogens is 2. The minimum Gasteiger partial charge on any atom is -0.355 e. The predicted molar refractivity (Wildman–Crippen MR) is 70.4 cm³/mol. The summed E-state index contributed by atoms with van der Waals surface area (Å²) in [6.45, 7) is 6.27.